The van der Waals surface area contributed by atoms with Gasteiger partial charge >= 0.3 is 0 Å². The summed E-state index contributed by atoms with van der Waals surface area (Å²) in [4.78, 5) is 9.18. The third-order valence-electron chi connectivity index (χ3n) is 4.17. The van der Waals surface area contributed by atoms with E-state index >= 15 is 0 Å². The van der Waals surface area contributed by atoms with Crippen molar-refractivity contribution in [2.75, 3.05) is 12.5 Å². The number of anilines is 1. The molecule has 1 aromatic rings. The average Bonchev–Trinajstić information content (AvgIpc) is 2.47. The van der Waals surface area contributed by atoms with Crippen LogP contribution in [-0.2, 0) is 16.8 Å². The number of ether oxygens (including phenoxy) is 1. The van der Waals surface area contributed by atoms with Gasteiger partial charge in [0, 0.05) is 18.9 Å². The highest BCUT2D eigenvalue weighted by molar-refractivity contribution is 5.35. The van der Waals surface area contributed by atoms with Crippen LogP contribution >= 0.6 is 0 Å². The van der Waals surface area contributed by atoms with Crippen LogP contribution in [-0.4, -0.2) is 17.1 Å². The lowest BCUT2D eigenvalue weighted by Crippen LogP contribution is -2.35. The van der Waals surface area contributed by atoms with Crippen molar-refractivity contribution in [3.05, 3.63) is 17.6 Å². The molecule has 3 N–H and O–H groups in total. The molecular formula is C14H24N4O. The molecule has 0 saturated heterocycles. The average molecular weight is 264 g/mol. The van der Waals surface area contributed by atoms with Crippen LogP contribution in [0, 0.1) is 5.92 Å². The summed E-state index contributed by atoms with van der Waals surface area (Å²) >= 11 is 0. The zero-order valence-corrected chi connectivity index (χ0v) is 12.1. The molecule has 1 aliphatic carbocycles. The quantitative estimate of drug-likeness (QED) is 0.645. The summed E-state index contributed by atoms with van der Waals surface area (Å²) in [5.41, 5.74) is 3.27. The Hall–Kier alpha value is -1.20. The first-order valence-corrected chi connectivity index (χ1v) is 7.03. The van der Waals surface area contributed by atoms with Gasteiger partial charge in [-0.1, -0.05) is 13.8 Å². The van der Waals surface area contributed by atoms with E-state index in [-0.39, 0.29) is 5.60 Å². The number of nitrogen functional groups attached to an aromatic ring is 1. The van der Waals surface area contributed by atoms with E-state index < -0.39 is 0 Å². The smallest absolute Gasteiger partial charge is 0.162 e. The number of nitrogens with zero attached hydrogens (tertiary/aromatic N) is 2. The zero-order valence-electron chi connectivity index (χ0n) is 12.1. The summed E-state index contributed by atoms with van der Waals surface area (Å²) in [7, 11) is 1.76. The van der Waals surface area contributed by atoms with Gasteiger partial charge in [0.15, 0.2) is 5.82 Å². The summed E-state index contributed by atoms with van der Waals surface area (Å²) in [6.07, 6.45) is 5.11. The van der Waals surface area contributed by atoms with E-state index in [1.807, 2.05) is 6.07 Å². The molecule has 5 nitrogen and oxygen atoms in total. The standard InChI is InChI=1S/C14H24N4O/c1-4-11-9-12(18-15)17-13(16-11)14(19-3)7-5-10(2)6-8-14/h9-10H,4-8,15H2,1-3H3,(H,16,17,18). The lowest BCUT2D eigenvalue weighted by molar-refractivity contribution is -0.0597. The Balaban J connectivity index is 2.37. The van der Waals surface area contributed by atoms with E-state index in [0.717, 1.165) is 49.5 Å². The predicted octanol–water partition coefficient (Wildman–Crippen LogP) is 2.38. The van der Waals surface area contributed by atoms with Gasteiger partial charge < -0.3 is 10.2 Å². The minimum absolute atomic E-state index is 0.344. The topological polar surface area (TPSA) is 73.1 Å². The fourth-order valence-corrected chi connectivity index (χ4v) is 2.70. The van der Waals surface area contributed by atoms with Crippen LogP contribution in [0.5, 0.6) is 0 Å². The van der Waals surface area contributed by atoms with Gasteiger partial charge in [-0.05, 0) is 38.0 Å². The van der Waals surface area contributed by atoms with Gasteiger partial charge in [0.05, 0.1) is 0 Å². The highest BCUT2D eigenvalue weighted by Crippen LogP contribution is 2.40. The van der Waals surface area contributed by atoms with Gasteiger partial charge in [0.25, 0.3) is 0 Å². The van der Waals surface area contributed by atoms with Crippen LogP contribution in [0.1, 0.15) is 51.0 Å². The molecule has 0 aliphatic heterocycles. The molecule has 1 aromatic heterocycles. The van der Waals surface area contributed by atoms with Gasteiger partial charge in [-0.2, -0.15) is 0 Å². The van der Waals surface area contributed by atoms with E-state index in [2.05, 4.69) is 29.2 Å². The molecule has 19 heavy (non-hydrogen) atoms. The Bertz CT molecular complexity index is 405. The fraction of sp³-hybridized carbons (Fsp3) is 0.714. The van der Waals surface area contributed by atoms with Crippen LogP contribution in [0.4, 0.5) is 5.82 Å². The molecular weight excluding hydrogens is 240 g/mol. The van der Waals surface area contributed by atoms with E-state index in [1.54, 1.807) is 7.11 Å². The molecule has 0 aromatic carbocycles. The van der Waals surface area contributed by atoms with Gasteiger partial charge in [-0.15, -0.1) is 0 Å². The van der Waals surface area contributed by atoms with Gasteiger partial charge in [0.1, 0.15) is 11.4 Å². The number of hydrazine groups is 1. The van der Waals surface area contributed by atoms with Crippen molar-refractivity contribution in [3.8, 4) is 0 Å². The number of methoxy groups -OCH3 is 1. The summed E-state index contributed by atoms with van der Waals surface area (Å²) in [6, 6.07) is 1.89. The Morgan fingerprint density at radius 3 is 2.63 bits per heavy atom. The van der Waals surface area contributed by atoms with Crippen molar-refractivity contribution in [2.45, 2.75) is 51.6 Å². The normalized spacial score (nSPS) is 27.3. The van der Waals surface area contributed by atoms with Crippen LogP contribution in [0.15, 0.2) is 6.07 Å². The molecule has 0 bridgehead atoms. The fourth-order valence-electron chi connectivity index (χ4n) is 2.70. The Kier molecular flexibility index (Phi) is 4.37. The number of rotatable bonds is 4. The zero-order chi connectivity index (χ0) is 13.9. The Morgan fingerprint density at radius 2 is 2.11 bits per heavy atom. The molecule has 2 rings (SSSR count). The number of nitrogens with one attached hydrogen (secondary N) is 1. The van der Waals surface area contributed by atoms with Gasteiger partial charge in [-0.25, -0.2) is 15.8 Å². The number of aromatic nitrogens is 2. The second-order valence-corrected chi connectivity index (χ2v) is 5.45. The maximum absolute atomic E-state index is 5.82. The SMILES string of the molecule is CCc1cc(NN)nc(C2(OC)CCC(C)CC2)n1. The minimum atomic E-state index is -0.344. The number of nitrogens with two attached hydrogens (primary N) is 1. The first-order chi connectivity index (χ1) is 9.13. The van der Waals surface area contributed by atoms with Crippen LogP contribution in [0.25, 0.3) is 0 Å². The second kappa shape index (κ2) is 5.84. The first kappa shape index (κ1) is 14.2. The monoisotopic (exact) mass is 264 g/mol. The highest BCUT2D eigenvalue weighted by Gasteiger charge is 2.39. The summed E-state index contributed by atoms with van der Waals surface area (Å²) in [5.74, 6) is 7.69. The lowest BCUT2D eigenvalue weighted by Gasteiger charge is -2.37. The lowest BCUT2D eigenvalue weighted by atomic mass is 9.79. The van der Waals surface area contributed by atoms with Crippen molar-refractivity contribution >= 4 is 5.82 Å². The molecule has 0 spiro atoms. The van der Waals surface area contributed by atoms with Crippen molar-refractivity contribution in [2.24, 2.45) is 11.8 Å². The molecule has 0 atom stereocenters. The third kappa shape index (κ3) is 2.87. The molecule has 1 saturated carbocycles. The summed E-state index contributed by atoms with van der Waals surface area (Å²) < 4.78 is 5.82. The predicted molar refractivity (Wildman–Crippen MR) is 75.5 cm³/mol. The maximum Gasteiger partial charge on any atom is 0.162 e. The van der Waals surface area contributed by atoms with Gasteiger partial charge in [-0.3, -0.25) is 0 Å². The largest absolute Gasteiger partial charge is 0.370 e. The Labute approximate surface area is 114 Å². The van der Waals surface area contributed by atoms with Crippen LogP contribution in [0.3, 0.4) is 0 Å². The van der Waals surface area contributed by atoms with Gasteiger partial charge in [0.2, 0.25) is 0 Å². The Morgan fingerprint density at radius 1 is 1.42 bits per heavy atom. The van der Waals surface area contributed by atoms with Crippen molar-refractivity contribution in [1.82, 2.24) is 9.97 Å². The molecule has 1 fully saturated rings. The highest BCUT2D eigenvalue weighted by atomic mass is 16.5. The van der Waals surface area contributed by atoms with E-state index in [9.17, 15) is 0 Å². The number of hydrogen-bond acceptors (Lipinski definition) is 5. The first-order valence-electron chi connectivity index (χ1n) is 7.03. The minimum Gasteiger partial charge on any atom is -0.370 e. The number of aryl methyl sites for hydroxylation is 1. The van der Waals surface area contributed by atoms with Crippen molar-refractivity contribution in [1.29, 1.82) is 0 Å². The van der Waals surface area contributed by atoms with Crippen LogP contribution in [0.2, 0.25) is 0 Å². The van der Waals surface area contributed by atoms with E-state index in [4.69, 9.17) is 10.6 Å². The van der Waals surface area contributed by atoms with Crippen molar-refractivity contribution < 1.29 is 4.74 Å². The van der Waals surface area contributed by atoms with E-state index in [0.29, 0.717) is 5.82 Å². The number of hydrogen-bond donors (Lipinski definition) is 2. The molecule has 0 unspecified atom stereocenters. The summed E-state index contributed by atoms with van der Waals surface area (Å²) in [5, 5.41) is 0. The second-order valence-electron chi connectivity index (χ2n) is 5.45. The molecule has 1 aliphatic rings. The maximum atomic E-state index is 5.82. The molecule has 5 heteroatoms. The van der Waals surface area contributed by atoms with E-state index in [1.165, 1.54) is 0 Å². The molecule has 0 radical (unpaired) electrons. The molecule has 106 valence electrons. The van der Waals surface area contributed by atoms with Crippen molar-refractivity contribution in [3.63, 3.8) is 0 Å². The summed E-state index contributed by atoms with van der Waals surface area (Å²) in [6.45, 7) is 4.37. The third-order valence-corrected chi connectivity index (χ3v) is 4.17. The molecule has 0 amide bonds. The van der Waals surface area contributed by atoms with Crippen LogP contribution < -0.4 is 11.3 Å². The molecule has 1 heterocycles.